The maximum Gasteiger partial charge on any atom is 0.0462 e. The van der Waals surface area contributed by atoms with Crippen molar-refractivity contribution in [1.29, 1.82) is 0 Å². The average Bonchev–Trinajstić information content (AvgIpc) is 3.19. The average molecular weight is 624 g/mol. The summed E-state index contributed by atoms with van der Waals surface area (Å²) in [6, 6.07) is 72.3. The fraction of sp³-hybridized carbons (Fsp3) is 0. The molecule has 0 aliphatic carbocycles. The van der Waals surface area contributed by atoms with Gasteiger partial charge < -0.3 is 4.90 Å². The van der Waals surface area contributed by atoms with Crippen molar-refractivity contribution in [3.63, 3.8) is 0 Å². The van der Waals surface area contributed by atoms with Crippen molar-refractivity contribution in [3.8, 4) is 33.4 Å². The van der Waals surface area contributed by atoms with Crippen LogP contribution in [0.25, 0.3) is 65.7 Å². The number of hydrogen-bond donors (Lipinski definition) is 0. The monoisotopic (exact) mass is 623 g/mol. The number of nitrogens with zero attached hydrogens (tertiary/aromatic N) is 1. The van der Waals surface area contributed by atoms with Crippen LogP contribution in [0.15, 0.2) is 200 Å². The molecule has 1 nitrogen and oxygen atoms in total. The van der Waals surface area contributed by atoms with Gasteiger partial charge in [-0.1, -0.05) is 158 Å². The van der Waals surface area contributed by atoms with Crippen LogP contribution < -0.4 is 4.90 Å². The predicted octanol–water partition coefficient (Wildman–Crippen LogP) is 13.6. The molecule has 0 radical (unpaired) electrons. The van der Waals surface area contributed by atoms with E-state index in [1.54, 1.807) is 0 Å². The van der Waals surface area contributed by atoms with E-state index in [0.717, 1.165) is 17.1 Å². The van der Waals surface area contributed by atoms with Crippen LogP contribution in [-0.2, 0) is 0 Å². The predicted molar refractivity (Wildman–Crippen MR) is 210 cm³/mol. The van der Waals surface area contributed by atoms with Crippen molar-refractivity contribution in [2.75, 3.05) is 4.90 Å². The Labute approximate surface area is 287 Å². The number of para-hydroxylation sites is 1. The minimum atomic E-state index is 1.12. The third kappa shape index (κ3) is 5.42. The summed E-state index contributed by atoms with van der Waals surface area (Å²) in [4.78, 5) is 2.32. The molecule has 1 heteroatoms. The molecule has 0 atom stereocenters. The first kappa shape index (κ1) is 28.8. The molecule has 0 amide bonds. The summed E-state index contributed by atoms with van der Waals surface area (Å²) in [6.45, 7) is 0. The Hall–Kier alpha value is -6.44. The Morgan fingerprint density at radius 1 is 0.224 bits per heavy atom. The third-order valence-electron chi connectivity index (χ3n) is 9.67. The van der Waals surface area contributed by atoms with E-state index in [1.807, 2.05) is 0 Å². The molecule has 0 heterocycles. The van der Waals surface area contributed by atoms with E-state index in [1.165, 1.54) is 65.7 Å². The topological polar surface area (TPSA) is 3.24 Å². The molecular formula is C48H33N. The summed E-state index contributed by atoms with van der Waals surface area (Å²) in [5, 5.41) is 7.70. The van der Waals surface area contributed by atoms with Gasteiger partial charge in [-0.3, -0.25) is 0 Å². The van der Waals surface area contributed by atoms with Crippen molar-refractivity contribution >= 4 is 49.4 Å². The second-order valence-corrected chi connectivity index (χ2v) is 12.6. The summed E-state index contributed by atoms with van der Waals surface area (Å²) >= 11 is 0. The minimum absolute atomic E-state index is 1.12. The van der Waals surface area contributed by atoms with Gasteiger partial charge in [0.2, 0.25) is 0 Å². The zero-order chi connectivity index (χ0) is 32.6. The number of fused-ring (bicyclic) bond motifs is 5. The van der Waals surface area contributed by atoms with Crippen LogP contribution in [0.5, 0.6) is 0 Å². The highest BCUT2D eigenvalue weighted by Crippen LogP contribution is 2.38. The van der Waals surface area contributed by atoms with Crippen LogP contribution in [0.4, 0.5) is 17.1 Å². The molecule has 9 aromatic carbocycles. The van der Waals surface area contributed by atoms with Crippen LogP contribution in [0.3, 0.4) is 0 Å². The van der Waals surface area contributed by atoms with E-state index in [-0.39, 0.29) is 0 Å². The van der Waals surface area contributed by atoms with Crippen molar-refractivity contribution in [2.24, 2.45) is 0 Å². The number of hydrogen-bond acceptors (Lipinski definition) is 1. The molecule has 0 N–H and O–H groups in total. The molecule has 0 aliphatic rings. The highest BCUT2D eigenvalue weighted by Gasteiger charge is 2.14. The lowest BCUT2D eigenvalue weighted by Gasteiger charge is -2.26. The minimum Gasteiger partial charge on any atom is -0.311 e. The quantitative estimate of drug-likeness (QED) is 0.167. The number of rotatable bonds is 6. The highest BCUT2D eigenvalue weighted by atomic mass is 15.1. The van der Waals surface area contributed by atoms with Gasteiger partial charge in [0, 0.05) is 17.1 Å². The molecular weight excluding hydrogens is 591 g/mol. The fourth-order valence-corrected chi connectivity index (χ4v) is 7.11. The molecule has 0 saturated carbocycles. The van der Waals surface area contributed by atoms with E-state index in [0.29, 0.717) is 0 Å². The lowest BCUT2D eigenvalue weighted by atomic mass is 9.94. The lowest BCUT2D eigenvalue weighted by Crippen LogP contribution is -2.09. The molecule has 0 unspecified atom stereocenters. The number of benzene rings is 9. The van der Waals surface area contributed by atoms with Gasteiger partial charge in [-0.05, 0) is 108 Å². The van der Waals surface area contributed by atoms with Crippen LogP contribution in [0.1, 0.15) is 0 Å². The SMILES string of the molecule is c1ccc(-c2ccc(-c3ccc(N(c4ccccc4)c4ccc(-c5ccc6ccc7c8ccccc8ccc7c6c5)cc4)cc3)cc2)cc1. The van der Waals surface area contributed by atoms with Gasteiger partial charge in [0.05, 0.1) is 0 Å². The first-order valence-electron chi connectivity index (χ1n) is 16.8. The lowest BCUT2D eigenvalue weighted by molar-refractivity contribution is 1.28. The molecule has 0 aromatic heterocycles. The van der Waals surface area contributed by atoms with E-state index in [2.05, 4.69) is 205 Å². The van der Waals surface area contributed by atoms with Crippen molar-refractivity contribution < 1.29 is 0 Å². The summed E-state index contributed by atoms with van der Waals surface area (Å²) in [5.41, 5.74) is 10.6. The Kier molecular flexibility index (Phi) is 7.22. The second kappa shape index (κ2) is 12.3. The smallest absolute Gasteiger partial charge is 0.0462 e. The molecule has 9 rings (SSSR count). The highest BCUT2D eigenvalue weighted by molar-refractivity contribution is 6.17. The summed E-state index contributed by atoms with van der Waals surface area (Å²) in [5.74, 6) is 0. The summed E-state index contributed by atoms with van der Waals surface area (Å²) in [6.07, 6.45) is 0. The maximum absolute atomic E-state index is 2.35. The van der Waals surface area contributed by atoms with Crippen LogP contribution in [-0.4, -0.2) is 0 Å². The summed E-state index contributed by atoms with van der Waals surface area (Å²) in [7, 11) is 0. The van der Waals surface area contributed by atoms with Crippen LogP contribution in [0, 0.1) is 0 Å². The molecule has 9 aromatic rings. The van der Waals surface area contributed by atoms with Crippen LogP contribution >= 0.6 is 0 Å². The Morgan fingerprint density at radius 2 is 0.612 bits per heavy atom. The van der Waals surface area contributed by atoms with E-state index < -0.39 is 0 Å². The van der Waals surface area contributed by atoms with Gasteiger partial charge in [0.25, 0.3) is 0 Å². The van der Waals surface area contributed by atoms with Gasteiger partial charge >= 0.3 is 0 Å². The van der Waals surface area contributed by atoms with Crippen LogP contribution in [0.2, 0.25) is 0 Å². The molecule has 0 spiro atoms. The molecule has 0 aliphatic heterocycles. The molecule has 230 valence electrons. The standard InChI is InChI=1S/C48H33N/c1-3-9-34(10-4-1)35-15-17-36(18-16-35)37-21-27-43(28-22-37)49(42-12-5-2-6-13-42)44-29-23-38(24-30-44)41-20-19-40-26-31-46-45-14-8-7-11-39(45)25-32-47(46)48(40)33-41/h1-33H. The number of anilines is 3. The van der Waals surface area contributed by atoms with Gasteiger partial charge in [0.1, 0.15) is 0 Å². The van der Waals surface area contributed by atoms with Gasteiger partial charge in [-0.25, -0.2) is 0 Å². The Balaban J connectivity index is 1.04. The molecule has 0 fully saturated rings. The third-order valence-corrected chi connectivity index (χ3v) is 9.67. The maximum atomic E-state index is 2.35. The van der Waals surface area contributed by atoms with Crippen molar-refractivity contribution in [3.05, 3.63) is 200 Å². The van der Waals surface area contributed by atoms with Gasteiger partial charge in [-0.15, -0.1) is 0 Å². The zero-order valence-electron chi connectivity index (χ0n) is 27.0. The first-order chi connectivity index (χ1) is 24.3. The van der Waals surface area contributed by atoms with Gasteiger partial charge in [-0.2, -0.15) is 0 Å². The van der Waals surface area contributed by atoms with E-state index >= 15 is 0 Å². The Morgan fingerprint density at radius 3 is 1.22 bits per heavy atom. The normalized spacial score (nSPS) is 11.3. The Bertz CT molecular complexity index is 2550. The zero-order valence-corrected chi connectivity index (χ0v) is 27.0. The van der Waals surface area contributed by atoms with Gasteiger partial charge in [0.15, 0.2) is 0 Å². The molecule has 49 heavy (non-hydrogen) atoms. The second-order valence-electron chi connectivity index (χ2n) is 12.6. The first-order valence-corrected chi connectivity index (χ1v) is 16.8. The molecule has 0 saturated heterocycles. The van der Waals surface area contributed by atoms with Crippen molar-refractivity contribution in [1.82, 2.24) is 0 Å². The fourth-order valence-electron chi connectivity index (χ4n) is 7.11. The summed E-state index contributed by atoms with van der Waals surface area (Å²) < 4.78 is 0. The van der Waals surface area contributed by atoms with Crippen molar-refractivity contribution in [2.45, 2.75) is 0 Å². The largest absolute Gasteiger partial charge is 0.311 e. The van der Waals surface area contributed by atoms with E-state index in [9.17, 15) is 0 Å². The van der Waals surface area contributed by atoms with E-state index in [4.69, 9.17) is 0 Å². The molecule has 0 bridgehead atoms.